The quantitative estimate of drug-likeness (QED) is 0.499. The van der Waals surface area contributed by atoms with Crippen molar-refractivity contribution in [2.24, 2.45) is 5.84 Å². The second-order valence-corrected chi connectivity index (χ2v) is 5.67. The summed E-state index contributed by atoms with van der Waals surface area (Å²) in [5.41, 5.74) is 4.77. The summed E-state index contributed by atoms with van der Waals surface area (Å²) in [6, 6.07) is 12.8. The average molecular weight is 311 g/mol. The molecule has 0 aliphatic rings. The molecule has 0 spiro atoms. The van der Waals surface area contributed by atoms with Crippen molar-refractivity contribution < 1.29 is 4.39 Å². The molecule has 0 aromatic heterocycles. The molecule has 0 aliphatic heterocycles. The fourth-order valence-corrected chi connectivity index (χ4v) is 2.89. The summed E-state index contributed by atoms with van der Waals surface area (Å²) in [5, 5.41) is 0.135. The number of halogens is 2. The normalized spacial score (nSPS) is 12.4. The Morgan fingerprint density at radius 2 is 2.05 bits per heavy atom. The molecule has 0 aliphatic carbocycles. The number of benzene rings is 2. The number of nitrogens with one attached hydrogen (secondary N) is 1. The zero-order valence-electron chi connectivity index (χ0n) is 11.1. The van der Waals surface area contributed by atoms with Crippen molar-refractivity contribution in [2.45, 2.75) is 17.4 Å². The maximum absolute atomic E-state index is 13.5. The molecule has 0 amide bonds. The van der Waals surface area contributed by atoms with Crippen LogP contribution in [0.5, 0.6) is 0 Å². The maximum Gasteiger partial charge on any atom is 0.142 e. The fourth-order valence-electron chi connectivity index (χ4n) is 2.12. The molecule has 5 heteroatoms. The van der Waals surface area contributed by atoms with Gasteiger partial charge in [-0.15, -0.1) is 11.8 Å². The van der Waals surface area contributed by atoms with Crippen molar-refractivity contribution in [3.8, 4) is 0 Å². The number of hydrogen-bond donors (Lipinski definition) is 2. The van der Waals surface area contributed by atoms with Gasteiger partial charge in [-0.1, -0.05) is 35.9 Å². The molecule has 3 N–H and O–H groups in total. The van der Waals surface area contributed by atoms with Crippen molar-refractivity contribution in [1.29, 1.82) is 0 Å². The van der Waals surface area contributed by atoms with E-state index in [0.717, 1.165) is 16.0 Å². The van der Waals surface area contributed by atoms with E-state index in [1.165, 1.54) is 6.07 Å². The number of thioether (sulfide) groups is 1. The van der Waals surface area contributed by atoms with Gasteiger partial charge in [-0.25, -0.2) is 4.39 Å². The van der Waals surface area contributed by atoms with Gasteiger partial charge in [-0.05, 0) is 42.0 Å². The molecular weight excluding hydrogens is 295 g/mol. The molecule has 0 saturated heterocycles. The van der Waals surface area contributed by atoms with Gasteiger partial charge in [0.25, 0.3) is 0 Å². The third-order valence-corrected chi connectivity index (χ3v) is 4.26. The van der Waals surface area contributed by atoms with Gasteiger partial charge in [0.15, 0.2) is 0 Å². The number of nitrogens with two attached hydrogens (primary N) is 1. The number of hydrogen-bond acceptors (Lipinski definition) is 3. The highest BCUT2D eigenvalue weighted by atomic mass is 35.5. The minimum Gasteiger partial charge on any atom is -0.271 e. The summed E-state index contributed by atoms with van der Waals surface area (Å²) in [6.45, 7) is 0. The van der Waals surface area contributed by atoms with Gasteiger partial charge in [0.05, 0.1) is 11.1 Å². The summed E-state index contributed by atoms with van der Waals surface area (Å²) >= 11 is 7.36. The van der Waals surface area contributed by atoms with E-state index in [9.17, 15) is 4.39 Å². The molecule has 0 bridgehead atoms. The Hall–Kier alpha value is -1.07. The highest BCUT2D eigenvalue weighted by Gasteiger charge is 2.14. The van der Waals surface area contributed by atoms with Crippen LogP contribution in [0.15, 0.2) is 47.4 Å². The zero-order valence-corrected chi connectivity index (χ0v) is 12.6. The van der Waals surface area contributed by atoms with Crippen molar-refractivity contribution in [2.75, 3.05) is 6.26 Å². The van der Waals surface area contributed by atoms with Gasteiger partial charge < -0.3 is 0 Å². The van der Waals surface area contributed by atoms with E-state index in [4.69, 9.17) is 17.4 Å². The first kappa shape index (κ1) is 15.3. The van der Waals surface area contributed by atoms with Gasteiger partial charge in [-0.3, -0.25) is 11.3 Å². The average Bonchev–Trinajstić information content (AvgIpc) is 2.48. The van der Waals surface area contributed by atoms with Gasteiger partial charge in [0.1, 0.15) is 5.82 Å². The summed E-state index contributed by atoms with van der Waals surface area (Å²) < 4.78 is 13.5. The minimum atomic E-state index is -0.405. The van der Waals surface area contributed by atoms with Gasteiger partial charge in [0, 0.05) is 4.90 Å². The Labute approximate surface area is 127 Å². The van der Waals surface area contributed by atoms with Gasteiger partial charge in [-0.2, -0.15) is 0 Å². The molecular formula is C15H16ClFN2S. The first-order chi connectivity index (χ1) is 9.65. The lowest BCUT2D eigenvalue weighted by atomic mass is 9.99. The lowest BCUT2D eigenvalue weighted by molar-refractivity contribution is 0.541. The standard InChI is InChI=1S/C15H16ClFN2S/c1-20-15-5-3-2-4-11(15)14(19-18)9-10-6-7-12(16)13(17)8-10/h2-8,14,19H,9,18H2,1H3. The molecule has 20 heavy (non-hydrogen) atoms. The third kappa shape index (κ3) is 3.52. The molecule has 2 rings (SSSR count). The van der Waals surface area contributed by atoms with Crippen LogP contribution < -0.4 is 11.3 Å². The van der Waals surface area contributed by atoms with Crippen molar-refractivity contribution in [1.82, 2.24) is 5.43 Å². The third-order valence-electron chi connectivity index (χ3n) is 3.14. The Morgan fingerprint density at radius 1 is 1.30 bits per heavy atom. The molecule has 2 nitrogen and oxygen atoms in total. The Kier molecular flexibility index (Phi) is 5.43. The fraction of sp³-hybridized carbons (Fsp3) is 0.200. The van der Waals surface area contributed by atoms with E-state index in [0.29, 0.717) is 6.42 Å². The molecule has 0 fully saturated rings. The first-order valence-corrected chi connectivity index (χ1v) is 7.79. The molecule has 1 atom stereocenters. The number of hydrazine groups is 1. The summed E-state index contributed by atoms with van der Waals surface area (Å²) in [7, 11) is 0. The van der Waals surface area contributed by atoms with Crippen LogP contribution >= 0.6 is 23.4 Å². The zero-order chi connectivity index (χ0) is 14.5. The topological polar surface area (TPSA) is 38.0 Å². The molecule has 2 aromatic carbocycles. The van der Waals surface area contributed by atoms with E-state index in [-0.39, 0.29) is 11.1 Å². The molecule has 0 heterocycles. The highest BCUT2D eigenvalue weighted by molar-refractivity contribution is 7.98. The molecule has 0 radical (unpaired) electrons. The Morgan fingerprint density at radius 3 is 2.70 bits per heavy atom. The van der Waals surface area contributed by atoms with Crippen molar-refractivity contribution in [3.63, 3.8) is 0 Å². The van der Waals surface area contributed by atoms with Crippen LogP contribution in [-0.4, -0.2) is 6.26 Å². The largest absolute Gasteiger partial charge is 0.271 e. The molecule has 0 saturated carbocycles. The second-order valence-electron chi connectivity index (χ2n) is 4.41. The van der Waals surface area contributed by atoms with Crippen LogP contribution in [0.4, 0.5) is 4.39 Å². The van der Waals surface area contributed by atoms with E-state index in [2.05, 4.69) is 5.43 Å². The lowest BCUT2D eigenvalue weighted by Crippen LogP contribution is -2.30. The van der Waals surface area contributed by atoms with Gasteiger partial charge in [0.2, 0.25) is 0 Å². The SMILES string of the molecule is CSc1ccccc1C(Cc1ccc(Cl)c(F)c1)NN. The van der Waals surface area contributed by atoms with E-state index in [1.54, 1.807) is 17.8 Å². The van der Waals surface area contributed by atoms with Crippen LogP contribution in [0.25, 0.3) is 0 Å². The predicted molar refractivity (Wildman–Crippen MR) is 83.4 cm³/mol. The monoisotopic (exact) mass is 310 g/mol. The van der Waals surface area contributed by atoms with Crippen LogP contribution in [-0.2, 0) is 6.42 Å². The maximum atomic E-state index is 13.5. The Balaban J connectivity index is 2.26. The van der Waals surface area contributed by atoms with E-state index >= 15 is 0 Å². The summed E-state index contributed by atoms with van der Waals surface area (Å²) in [5.74, 6) is 5.26. The van der Waals surface area contributed by atoms with Crippen molar-refractivity contribution in [3.05, 3.63) is 64.4 Å². The number of rotatable bonds is 5. The minimum absolute atomic E-state index is 0.0702. The van der Waals surface area contributed by atoms with E-state index < -0.39 is 5.82 Å². The predicted octanol–water partition coefficient (Wildman–Crippen LogP) is 3.95. The second kappa shape index (κ2) is 7.09. The van der Waals surface area contributed by atoms with Crippen LogP contribution in [0.1, 0.15) is 17.2 Å². The first-order valence-electron chi connectivity index (χ1n) is 6.18. The lowest BCUT2D eigenvalue weighted by Gasteiger charge is -2.19. The van der Waals surface area contributed by atoms with Crippen molar-refractivity contribution >= 4 is 23.4 Å². The Bertz CT molecular complexity index is 592. The molecule has 106 valence electrons. The highest BCUT2D eigenvalue weighted by Crippen LogP contribution is 2.28. The smallest absolute Gasteiger partial charge is 0.142 e. The molecule has 1 unspecified atom stereocenters. The molecule has 2 aromatic rings. The van der Waals surface area contributed by atoms with Gasteiger partial charge >= 0.3 is 0 Å². The summed E-state index contributed by atoms with van der Waals surface area (Å²) in [6.07, 6.45) is 2.62. The van der Waals surface area contributed by atoms with Crippen LogP contribution in [0.2, 0.25) is 5.02 Å². The summed E-state index contributed by atoms with van der Waals surface area (Å²) in [4.78, 5) is 1.16. The van der Waals surface area contributed by atoms with E-state index in [1.807, 2.05) is 36.6 Å². The van der Waals surface area contributed by atoms with Crippen LogP contribution in [0, 0.1) is 5.82 Å². The van der Waals surface area contributed by atoms with Crippen LogP contribution in [0.3, 0.4) is 0 Å².